The van der Waals surface area contributed by atoms with Gasteiger partial charge in [-0.25, -0.2) is 4.42 Å². The largest absolute Gasteiger partial charge is 0.360 e. The van der Waals surface area contributed by atoms with E-state index in [1.165, 1.54) is 16.7 Å². The summed E-state index contributed by atoms with van der Waals surface area (Å²) in [4.78, 5) is 0. The first kappa shape index (κ1) is 11.4. The van der Waals surface area contributed by atoms with Crippen LogP contribution in [0.3, 0.4) is 0 Å². The predicted molar refractivity (Wildman–Crippen MR) is 80.6 cm³/mol. The molecule has 0 unspecified atom stereocenters. The van der Waals surface area contributed by atoms with E-state index in [4.69, 9.17) is 4.42 Å². The Morgan fingerprint density at radius 1 is 0.600 bits per heavy atom. The van der Waals surface area contributed by atoms with E-state index in [1.807, 2.05) is 18.2 Å². The molecule has 1 aliphatic carbocycles. The Kier molecular flexibility index (Phi) is 2.63. The summed E-state index contributed by atoms with van der Waals surface area (Å²) >= 11 is 0. The van der Waals surface area contributed by atoms with Crippen molar-refractivity contribution < 1.29 is 4.42 Å². The van der Waals surface area contributed by atoms with Gasteiger partial charge in [-0.2, -0.15) is 0 Å². The van der Waals surface area contributed by atoms with Crippen LogP contribution >= 0.6 is 0 Å². The van der Waals surface area contributed by atoms with E-state index in [0.717, 1.165) is 29.9 Å². The van der Waals surface area contributed by atoms with Crippen LogP contribution in [0.25, 0.3) is 11.3 Å². The molecule has 0 N–H and O–H groups in total. The fourth-order valence-corrected chi connectivity index (χ4v) is 2.85. The highest BCUT2D eigenvalue weighted by atomic mass is 16.3. The molecule has 1 aliphatic rings. The van der Waals surface area contributed by atoms with Gasteiger partial charge < -0.3 is 0 Å². The molecule has 0 spiro atoms. The molecule has 2 aromatic carbocycles. The number of benzene rings is 2. The zero-order chi connectivity index (χ0) is 13.4. The van der Waals surface area contributed by atoms with E-state index in [0.29, 0.717) is 0 Å². The fraction of sp³-hybridized carbons (Fsp3) is 0.105. The Morgan fingerprint density at radius 3 is 2.10 bits per heavy atom. The quantitative estimate of drug-likeness (QED) is 0.450. The predicted octanol–water partition coefficient (Wildman–Crippen LogP) is 4.72. The van der Waals surface area contributed by atoms with Crippen molar-refractivity contribution in [1.29, 1.82) is 0 Å². The molecule has 3 aromatic rings. The van der Waals surface area contributed by atoms with Gasteiger partial charge in [-0.3, -0.25) is 0 Å². The van der Waals surface area contributed by atoms with Gasteiger partial charge in [0.05, 0.1) is 17.5 Å². The van der Waals surface area contributed by atoms with Gasteiger partial charge in [0, 0.05) is 12.5 Å². The molecule has 1 heterocycles. The van der Waals surface area contributed by atoms with Crippen LogP contribution in [0.15, 0.2) is 71.1 Å². The molecule has 0 saturated heterocycles. The lowest BCUT2D eigenvalue weighted by Gasteiger charge is -2.12. The van der Waals surface area contributed by atoms with Crippen molar-refractivity contribution in [1.82, 2.24) is 0 Å². The summed E-state index contributed by atoms with van der Waals surface area (Å²) in [6, 6.07) is 23.2. The summed E-state index contributed by atoms with van der Waals surface area (Å²) in [6.07, 6.45) is 1.87. The minimum absolute atomic E-state index is 0.895. The highest BCUT2D eigenvalue weighted by molar-refractivity contribution is 5.57. The molecule has 96 valence electrons. The summed E-state index contributed by atoms with van der Waals surface area (Å²) in [5, 5.41) is 0. The molecule has 0 amide bonds. The topological polar surface area (TPSA) is 11.3 Å². The number of rotatable bonds is 1. The highest BCUT2D eigenvalue weighted by Crippen LogP contribution is 2.30. The van der Waals surface area contributed by atoms with Crippen molar-refractivity contribution in [3.8, 4) is 11.3 Å². The molecule has 0 atom stereocenters. The Labute approximate surface area is 118 Å². The third kappa shape index (κ3) is 1.92. The van der Waals surface area contributed by atoms with Crippen molar-refractivity contribution in [2.75, 3.05) is 0 Å². The summed E-state index contributed by atoms with van der Waals surface area (Å²) in [5.41, 5.74) is 5.24. The van der Waals surface area contributed by atoms with Crippen LogP contribution in [0.4, 0.5) is 0 Å². The zero-order valence-electron chi connectivity index (χ0n) is 11.2. The van der Waals surface area contributed by atoms with Gasteiger partial charge in [0.25, 0.3) is 0 Å². The van der Waals surface area contributed by atoms with Crippen molar-refractivity contribution in [2.45, 2.75) is 12.8 Å². The Morgan fingerprint density at radius 2 is 1.30 bits per heavy atom. The van der Waals surface area contributed by atoms with Gasteiger partial charge >= 0.3 is 11.5 Å². The van der Waals surface area contributed by atoms with Gasteiger partial charge in [-0.15, -0.1) is 0 Å². The average Bonchev–Trinajstić information content (AvgIpc) is 2.53. The summed E-state index contributed by atoms with van der Waals surface area (Å²) in [5.74, 6) is 2.05. The molecule has 0 bridgehead atoms. The maximum atomic E-state index is 6.14. The maximum Gasteiger partial charge on any atom is 0.360 e. The van der Waals surface area contributed by atoms with Crippen LogP contribution in [0.2, 0.25) is 0 Å². The van der Waals surface area contributed by atoms with E-state index in [-0.39, 0.29) is 0 Å². The molecule has 1 heteroatoms. The second kappa shape index (κ2) is 4.61. The lowest BCUT2D eigenvalue weighted by molar-refractivity contribution is 0.505. The molecule has 0 fully saturated rings. The molecule has 0 saturated carbocycles. The van der Waals surface area contributed by atoms with Crippen molar-refractivity contribution in [2.24, 2.45) is 0 Å². The van der Waals surface area contributed by atoms with Crippen LogP contribution < -0.4 is 0 Å². The minimum atomic E-state index is 0.895. The van der Waals surface area contributed by atoms with E-state index in [2.05, 4.69) is 48.5 Å². The molecule has 4 rings (SSSR count). The van der Waals surface area contributed by atoms with Crippen LogP contribution in [-0.2, 0) is 12.8 Å². The molecule has 0 aliphatic heterocycles. The highest BCUT2D eigenvalue weighted by Gasteiger charge is 2.26. The molecular weight excluding hydrogens is 244 g/mol. The van der Waals surface area contributed by atoms with Gasteiger partial charge in [0.1, 0.15) is 0 Å². The van der Waals surface area contributed by atoms with Crippen LogP contribution in [-0.4, -0.2) is 0 Å². The van der Waals surface area contributed by atoms with Crippen molar-refractivity contribution in [3.05, 3.63) is 89.2 Å². The SMILES string of the molecule is c1ccc(-c2ccc3c([o+]2)Cc2ccccc2C3)cc1. The first-order valence-corrected chi connectivity index (χ1v) is 6.97. The second-order valence-corrected chi connectivity index (χ2v) is 5.24. The van der Waals surface area contributed by atoms with Gasteiger partial charge in [-0.05, 0) is 29.3 Å². The van der Waals surface area contributed by atoms with Gasteiger partial charge in [0.15, 0.2) is 0 Å². The van der Waals surface area contributed by atoms with Crippen molar-refractivity contribution in [3.63, 3.8) is 0 Å². The molecule has 0 radical (unpaired) electrons. The van der Waals surface area contributed by atoms with E-state index < -0.39 is 0 Å². The minimum Gasteiger partial charge on any atom is -0.212 e. The molecule has 20 heavy (non-hydrogen) atoms. The summed E-state index contributed by atoms with van der Waals surface area (Å²) < 4.78 is 6.14. The van der Waals surface area contributed by atoms with Crippen molar-refractivity contribution >= 4 is 0 Å². The monoisotopic (exact) mass is 259 g/mol. The van der Waals surface area contributed by atoms with E-state index in [1.54, 1.807) is 0 Å². The number of hydrogen-bond acceptors (Lipinski definition) is 0. The summed E-state index contributed by atoms with van der Waals surface area (Å²) in [7, 11) is 0. The molecular formula is C19H15O+. The zero-order valence-corrected chi connectivity index (χ0v) is 11.2. The Bertz CT molecular complexity index is 760. The lowest BCUT2D eigenvalue weighted by Crippen LogP contribution is -2.07. The molecule has 1 aromatic heterocycles. The lowest BCUT2D eigenvalue weighted by atomic mass is 9.90. The normalized spacial score (nSPS) is 12.6. The van der Waals surface area contributed by atoms with Crippen LogP contribution in [0, 0.1) is 0 Å². The first-order chi connectivity index (χ1) is 9.90. The number of fused-ring (bicyclic) bond motifs is 2. The van der Waals surface area contributed by atoms with Crippen LogP contribution in [0.5, 0.6) is 0 Å². The Hall–Kier alpha value is -2.41. The smallest absolute Gasteiger partial charge is 0.212 e. The van der Waals surface area contributed by atoms with Gasteiger partial charge in [-0.1, -0.05) is 42.5 Å². The fourth-order valence-electron chi connectivity index (χ4n) is 2.85. The maximum absolute atomic E-state index is 6.14. The second-order valence-electron chi connectivity index (χ2n) is 5.24. The Balaban J connectivity index is 1.77. The van der Waals surface area contributed by atoms with Gasteiger partial charge in [0.2, 0.25) is 0 Å². The van der Waals surface area contributed by atoms with Crippen LogP contribution in [0.1, 0.15) is 22.5 Å². The summed E-state index contributed by atoms with van der Waals surface area (Å²) in [6.45, 7) is 0. The standard InChI is InChI=1S/C19H15O/c1-2-6-14(7-3-1)18-11-10-17-12-15-8-4-5-9-16(15)13-19(17)20-18/h1-11H,12-13H2/q+1. The third-order valence-corrected chi connectivity index (χ3v) is 3.94. The average molecular weight is 259 g/mol. The first-order valence-electron chi connectivity index (χ1n) is 6.97. The number of hydrogen-bond donors (Lipinski definition) is 0. The van der Waals surface area contributed by atoms with E-state index >= 15 is 0 Å². The third-order valence-electron chi connectivity index (χ3n) is 3.94. The molecule has 1 nitrogen and oxygen atoms in total. The van der Waals surface area contributed by atoms with E-state index in [9.17, 15) is 0 Å².